The number of benzene rings is 7. The van der Waals surface area contributed by atoms with E-state index in [1.54, 1.807) is 0 Å². The minimum absolute atomic E-state index is 0.284. The second-order valence-corrected chi connectivity index (χ2v) is 16.5. The van der Waals surface area contributed by atoms with Crippen LogP contribution in [0.5, 0.6) is 0 Å². The molecule has 0 radical (unpaired) electrons. The Bertz CT molecular complexity index is 2820. The van der Waals surface area contributed by atoms with Gasteiger partial charge in [-0.3, -0.25) is 0 Å². The van der Waals surface area contributed by atoms with Crippen molar-refractivity contribution in [3.05, 3.63) is 195 Å². The van der Waals surface area contributed by atoms with E-state index in [0.717, 1.165) is 34.1 Å². The van der Waals surface area contributed by atoms with Gasteiger partial charge in [0.1, 0.15) is 0 Å². The van der Waals surface area contributed by atoms with E-state index in [1.807, 2.05) is 48.5 Å². The van der Waals surface area contributed by atoms with Crippen molar-refractivity contribution in [2.45, 2.75) is 59.3 Å². The van der Waals surface area contributed by atoms with Gasteiger partial charge in [0.2, 0.25) is 0 Å². The summed E-state index contributed by atoms with van der Waals surface area (Å²) >= 11 is 0. The summed E-state index contributed by atoms with van der Waals surface area (Å²) in [7, 11) is 0. The lowest BCUT2D eigenvalue weighted by atomic mass is 9.71. The minimum Gasteiger partial charge on any atom is -0.311 e. The van der Waals surface area contributed by atoms with E-state index in [2.05, 4.69) is 160 Å². The monoisotopic (exact) mass is 736 g/mol. The molecule has 2 aliphatic rings. The van der Waals surface area contributed by atoms with E-state index in [-0.39, 0.29) is 10.8 Å². The Hall–Kier alpha value is -6.88. The summed E-state index contributed by atoms with van der Waals surface area (Å²) in [4.78, 5) is 8.26. The highest BCUT2D eigenvalue weighted by Crippen LogP contribution is 2.62. The molecule has 2 aliphatic carbocycles. The van der Waals surface area contributed by atoms with Crippen LogP contribution < -0.4 is 9.80 Å². The summed E-state index contributed by atoms with van der Waals surface area (Å²) in [6.07, 6.45) is 0. The third kappa shape index (κ3) is 5.40. The van der Waals surface area contributed by atoms with E-state index in [1.165, 1.54) is 61.2 Å². The highest BCUT2D eigenvalue weighted by atomic mass is 15.1. The van der Waals surface area contributed by atoms with Crippen LogP contribution in [0, 0.1) is 38.7 Å². The van der Waals surface area contributed by atoms with Crippen molar-refractivity contribution in [1.82, 2.24) is 0 Å². The highest BCUT2D eigenvalue weighted by Gasteiger charge is 2.48. The molecule has 7 aromatic carbocycles. The second kappa shape index (κ2) is 13.1. The molecule has 0 aliphatic heterocycles. The fourth-order valence-electron chi connectivity index (χ4n) is 9.71. The van der Waals surface area contributed by atoms with Crippen LogP contribution >= 0.6 is 0 Å². The van der Waals surface area contributed by atoms with Crippen LogP contribution in [0.4, 0.5) is 39.8 Å². The number of anilines is 6. The molecule has 9 rings (SSSR count). The van der Waals surface area contributed by atoms with Crippen molar-refractivity contribution in [3.8, 4) is 28.3 Å². The SMILES string of the molecule is [C-]#[N+]c1ccc(N(c2ccccc2)c2ccc3c(c2)C(C)(C)c2c-3c(C)c(C)c3c2C(C)(C)c2cc(N(c4ccccc4)c4ccc(C#N)cc4)cc(C)c2-3)cc1. The Morgan fingerprint density at radius 1 is 0.509 bits per heavy atom. The Morgan fingerprint density at radius 2 is 0.982 bits per heavy atom. The van der Waals surface area contributed by atoms with Crippen LogP contribution in [0.1, 0.15) is 72.2 Å². The lowest BCUT2D eigenvalue weighted by Gasteiger charge is -2.33. The molecule has 7 aromatic rings. The van der Waals surface area contributed by atoms with Gasteiger partial charge < -0.3 is 9.80 Å². The van der Waals surface area contributed by atoms with Gasteiger partial charge in [0.25, 0.3) is 0 Å². The largest absolute Gasteiger partial charge is 0.311 e. The lowest BCUT2D eigenvalue weighted by molar-refractivity contribution is 0.600. The maximum absolute atomic E-state index is 9.56. The molecule has 0 aromatic heterocycles. The topological polar surface area (TPSA) is 34.6 Å². The summed E-state index contributed by atoms with van der Waals surface area (Å²) < 4.78 is 0. The Balaban J connectivity index is 1.22. The molecule has 0 N–H and O–H groups in total. The summed E-state index contributed by atoms with van der Waals surface area (Å²) in [5.74, 6) is 0. The summed E-state index contributed by atoms with van der Waals surface area (Å²) in [6, 6.07) is 50.8. The molecule has 4 heteroatoms. The van der Waals surface area contributed by atoms with Crippen molar-refractivity contribution in [1.29, 1.82) is 5.26 Å². The van der Waals surface area contributed by atoms with Crippen LogP contribution in [0.25, 0.3) is 27.1 Å². The van der Waals surface area contributed by atoms with E-state index >= 15 is 0 Å². The highest BCUT2D eigenvalue weighted by molar-refractivity contribution is 5.97. The Labute approximate surface area is 336 Å². The van der Waals surface area contributed by atoms with Crippen molar-refractivity contribution in [2.75, 3.05) is 9.80 Å². The molecule has 0 fully saturated rings. The average molecular weight is 737 g/mol. The number of nitriles is 1. The average Bonchev–Trinajstić information content (AvgIpc) is 3.60. The van der Waals surface area contributed by atoms with Crippen LogP contribution in [-0.4, -0.2) is 0 Å². The number of rotatable bonds is 6. The third-order valence-corrected chi connectivity index (χ3v) is 12.5. The lowest BCUT2D eigenvalue weighted by Crippen LogP contribution is -2.25. The zero-order chi connectivity index (χ0) is 39.8. The van der Waals surface area contributed by atoms with E-state index in [9.17, 15) is 5.26 Å². The van der Waals surface area contributed by atoms with Crippen molar-refractivity contribution < 1.29 is 0 Å². The molecule has 0 unspecified atom stereocenters. The first kappa shape index (κ1) is 35.8. The second-order valence-electron chi connectivity index (χ2n) is 16.5. The van der Waals surface area contributed by atoms with Gasteiger partial charge in [0, 0.05) is 45.0 Å². The zero-order valence-corrected chi connectivity index (χ0v) is 33.6. The standard InChI is InChI=1S/C53H44N4/c1-33-29-43(57(39-17-13-10-14-18-39)40-23-19-36(32-54)20-24-40)31-46-47(33)49-35(3)34(2)48-44-28-27-42(30-45(44)52(4,5)50(48)51(49)53(46,6)7)56(38-15-11-9-12-16-38)41-25-21-37(55-8)22-26-41/h9-31H,1-7H3. The van der Waals surface area contributed by atoms with Gasteiger partial charge in [-0.15, -0.1) is 0 Å². The first-order valence-corrected chi connectivity index (χ1v) is 19.6. The summed E-state index contributed by atoms with van der Waals surface area (Å²) in [5.41, 5.74) is 21.9. The van der Waals surface area contributed by atoms with Crippen LogP contribution in [0.15, 0.2) is 140 Å². The van der Waals surface area contributed by atoms with Crippen molar-refractivity contribution in [2.24, 2.45) is 0 Å². The molecule has 4 nitrogen and oxygen atoms in total. The van der Waals surface area contributed by atoms with E-state index < -0.39 is 0 Å². The van der Waals surface area contributed by atoms with Gasteiger partial charge in [0.15, 0.2) is 5.69 Å². The Kier molecular flexibility index (Phi) is 8.24. The molecule has 0 bridgehead atoms. The van der Waals surface area contributed by atoms with Gasteiger partial charge >= 0.3 is 0 Å². The van der Waals surface area contributed by atoms with Crippen LogP contribution in [-0.2, 0) is 10.8 Å². The summed E-state index contributed by atoms with van der Waals surface area (Å²) in [5, 5.41) is 9.56. The molecule has 0 saturated heterocycles. The first-order chi connectivity index (χ1) is 27.4. The quantitative estimate of drug-likeness (QED) is 0.159. The maximum atomic E-state index is 9.56. The Morgan fingerprint density at radius 3 is 1.56 bits per heavy atom. The summed E-state index contributed by atoms with van der Waals surface area (Å²) in [6.45, 7) is 24.1. The van der Waals surface area contributed by atoms with Crippen molar-refractivity contribution in [3.63, 3.8) is 0 Å². The molecule has 0 heterocycles. The molecule has 276 valence electrons. The van der Waals surface area contributed by atoms with E-state index in [4.69, 9.17) is 6.57 Å². The third-order valence-electron chi connectivity index (χ3n) is 12.5. The zero-order valence-electron chi connectivity index (χ0n) is 33.6. The molecule has 57 heavy (non-hydrogen) atoms. The molecular weight excluding hydrogens is 693 g/mol. The normalized spacial score (nSPS) is 13.8. The van der Waals surface area contributed by atoms with E-state index in [0.29, 0.717) is 11.3 Å². The fraction of sp³-hybridized carbons (Fsp3) is 0.170. The van der Waals surface area contributed by atoms with Gasteiger partial charge in [-0.2, -0.15) is 5.26 Å². The van der Waals surface area contributed by atoms with Gasteiger partial charge in [-0.25, -0.2) is 4.85 Å². The molecule has 0 atom stereocenters. The molecule has 0 saturated carbocycles. The van der Waals surface area contributed by atoms with Crippen LogP contribution in [0.3, 0.4) is 0 Å². The number of para-hydroxylation sites is 2. The number of nitrogens with zero attached hydrogens (tertiary/aromatic N) is 4. The van der Waals surface area contributed by atoms with Crippen LogP contribution in [0.2, 0.25) is 0 Å². The smallest absolute Gasteiger partial charge is 0.187 e. The first-order valence-electron chi connectivity index (χ1n) is 19.6. The number of fused-ring (bicyclic) bond motifs is 7. The maximum Gasteiger partial charge on any atom is 0.187 e. The number of hydrogen-bond donors (Lipinski definition) is 0. The number of aryl methyl sites for hydroxylation is 1. The van der Waals surface area contributed by atoms with Gasteiger partial charge in [-0.1, -0.05) is 82.3 Å². The predicted molar refractivity (Wildman–Crippen MR) is 236 cm³/mol. The van der Waals surface area contributed by atoms with Crippen molar-refractivity contribution >= 4 is 39.8 Å². The predicted octanol–water partition coefficient (Wildman–Crippen LogP) is 14.6. The molecule has 0 spiro atoms. The fourth-order valence-corrected chi connectivity index (χ4v) is 9.71. The van der Waals surface area contributed by atoms with Gasteiger partial charge in [-0.05, 0) is 167 Å². The number of hydrogen-bond acceptors (Lipinski definition) is 3. The minimum atomic E-state index is -0.288. The molecule has 0 amide bonds. The molecular formula is C53H44N4. The van der Waals surface area contributed by atoms with Gasteiger partial charge in [0.05, 0.1) is 18.2 Å².